The molecule has 10 nitrogen and oxygen atoms in total. The second-order valence-electron chi connectivity index (χ2n) is 7.11. The lowest BCUT2D eigenvalue weighted by Gasteiger charge is -2.09. The number of sulfone groups is 1. The smallest absolute Gasteiger partial charge is 0.331 e. The SMILES string of the molecule is Cc1nn([C@@H]2CCS(=O)(=O)C2)c(Cl)c1/C=C/C(=O)OCC(=O)NC(=O)c1cccn1C. The van der Waals surface area contributed by atoms with Crippen LogP contribution in [0.5, 0.6) is 0 Å². The van der Waals surface area contributed by atoms with Crippen molar-refractivity contribution in [2.75, 3.05) is 18.1 Å². The highest BCUT2D eigenvalue weighted by atomic mass is 35.5. The molecule has 1 fully saturated rings. The van der Waals surface area contributed by atoms with E-state index in [1.807, 2.05) is 0 Å². The lowest BCUT2D eigenvalue weighted by molar-refractivity contribution is -0.143. The van der Waals surface area contributed by atoms with Crippen LogP contribution in [0.2, 0.25) is 5.15 Å². The topological polar surface area (TPSA) is 129 Å². The minimum atomic E-state index is -3.11. The Balaban J connectivity index is 1.56. The molecule has 1 N–H and O–H groups in total. The molecule has 0 unspecified atom stereocenters. The first-order valence-corrected chi connectivity index (χ1v) is 11.5. The van der Waals surface area contributed by atoms with Gasteiger partial charge >= 0.3 is 5.97 Å². The highest BCUT2D eigenvalue weighted by molar-refractivity contribution is 7.91. The van der Waals surface area contributed by atoms with E-state index in [0.717, 1.165) is 6.08 Å². The largest absolute Gasteiger partial charge is 0.452 e. The van der Waals surface area contributed by atoms with Crippen molar-refractivity contribution in [2.45, 2.75) is 19.4 Å². The zero-order valence-corrected chi connectivity index (χ0v) is 18.4. The van der Waals surface area contributed by atoms with Crippen LogP contribution in [0, 0.1) is 6.92 Å². The van der Waals surface area contributed by atoms with Crippen LogP contribution in [-0.4, -0.2) is 58.7 Å². The van der Waals surface area contributed by atoms with Crippen molar-refractivity contribution in [1.82, 2.24) is 19.7 Å². The van der Waals surface area contributed by atoms with Crippen LogP contribution in [0.4, 0.5) is 0 Å². The van der Waals surface area contributed by atoms with Crippen LogP contribution in [0.3, 0.4) is 0 Å². The number of carbonyl (C=O) groups excluding carboxylic acids is 3. The van der Waals surface area contributed by atoms with Crippen molar-refractivity contribution < 1.29 is 27.5 Å². The highest BCUT2D eigenvalue weighted by Gasteiger charge is 2.31. The van der Waals surface area contributed by atoms with Crippen molar-refractivity contribution in [3.05, 3.63) is 46.5 Å². The summed E-state index contributed by atoms with van der Waals surface area (Å²) in [4.78, 5) is 35.7. The second-order valence-corrected chi connectivity index (χ2v) is 9.70. The van der Waals surface area contributed by atoms with Crippen LogP contribution < -0.4 is 5.32 Å². The molecule has 0 radical (unpaired) electrons. The Morgan fingerprint density at radius 1 is 1.39 bits per heavy atom. The summed E-state index contributed by atoms with van der Waals surface area (Å²) in [5, 5.41) is 6.63. The fourth-order valence-electron chi connectivity index (χ4n) is 3.19. The number of halogens is 1. The van der Waals surface area contributed by atoms with Gasteiger partial charge in [0.25, 0.3) is 11.8 Å². The van der Waals surface area contributed by atoms with Gasteiger partial charge in [0.15, 0.2) is 16.4 Å². The Bertz CT molecular complexity index is 1160. The average molecular weight is 469 g/mol. The van der Waals surface area contributed by atoms with Gasteiger partial charge in [-0.1, -0.05) is 11.6 Å². The van der Waals surface area contributed by atoms with Gasteiger partial charge in [-0.3, -0.25) is 14.9 Å². The van der Waals surface area contributed by atoms with E-state index in [2.05, 4.69) is 10.4 Å². The number of hydrogen-bond donors (Lipinski definition) is 1. The van der Waals surface area contributed by atoms with Crippen LogP contribution in [-0.2, 0) is 31.2 Å². The van der Waals surface area contributed by atoms with Crippen molar-refractivity contribution in [3.8, 4) is 0 Å². The van der Waals surface area contributed by atoms with Gasteiger partial charge in [0.2, 0.25) is 0 Å². The lowest BCUT2D eigenvalue weighted by Crippen LogP contribution is -2.34. The van der Waals surface area contributed by atoms with Gasteiger partial charge in [0.05, 0.1) is 23.2 Å². The summed E-state index contributed by atoms with van der Waals surface area (Å²) >= 11 is 6.33. The zero-order chi connectivity index (χ0) is 22.8. The van der Waals surface area contributed by atoms with Crippen molar-refractivity contribution >= 4 is 45.3 Å². The molecule has 2 aromatic heterocycles. The molecular formula is C19H21ClN4O6S. The van der Waals surface area contributed by atoms with E-state index in [1.54, 1.807) is 36.9 Å². The molecule has 1 aliphatic rings. The predicted octanol–water partition coefficient (Wildman–Crippen LogP) is 1.06. The Hall–Kier alpha value is -2.92. The van der Waals surface area contributed by atoms with Crippen molar-refractivity contribution in [2.24, 2.45) is 7.05 Å². The van der Waals surface area contributed by atoms with E-state index in [0.29, 0.717) is 17.7 Å². The van der Waals surface area contributed by atoms with E-state index >= 15 is 0 Å². The molecule has 31 heavy (non-hydrogen) atoms. The number of carbonyl (C=O) groups is 3. The Morgan fingerprint density at radius 3 is 2.74 bits per heavy atom. The number of amides is 2. The maximum absolute atomic E-state index is 12.0. The molecule has 166 valence electrons. The molecular weight excluding hydrogens is 448 g/mol. The number of nitrogens with one attached hydrogen (secondary N) is 1. The molecule has 1 aliphatic heterocycles. The van der Waals surface area contributed by atoms with E-state index in [9.17, 15) is 22.8 Å². The number of esters is 1. The van der Waals surface area contributed by atoms with E-state index in [-0.39, 0.29) is 28.4 Å². The first-order valence-electron chi connectivity index (χ1n) is 9.33. The van der Waals surface area contributed by atoms with Gasteiger partial charge in [-0.2, -0.15) is 5.10 Å². The number of imide groups is 1. The summed E-state index contributed by atoms with van der Waals surface area (Å²) in [6, 6.07) is 2.85. The van der Waals surface area contributed by atoms with Gasteiger partial charge in [0, 0.05) is 24.9 Å². The minimum absolute atomic E-state index is 0.0321. The fraction of sp³-hybridized carbons (Fsp3) is 0.368. The Labute approximate surface area is 183 Å². The molecule has 3 heterocycles. The molecule has 0 aliphatic carbocycles. The van der Waals surface area contributed by atoms with Crippen LogP contribution >= 0.6 is 11.6 Å². The number of hydrogen-bond acceptors (Lipinski definition) is 7. The Kier molecular flexibility index (Phi) is 6.65. The maximum Gasteiger partial charge on any atom is 0.331 e. The van der Waals surface area contributed by atoms with Crippen LogP contribution in [0.1, 0.15) is 34.2 Å². The molecule has 2 amide bonds. The summed E-state index contributed by atoms with van der Waals surface area (Å²) in [5.41, 5.74) is 1.26. The number of rotatable bonds is 6. The lowest BCUT2D eigenvalue weighted by atomic mass is 10.2. The van der Waals surface area contributed by atoms with E-state index in [4.69, 9.17) is 16.3 Å². The monoisotopic (exact) mass is 468 g/mol. The van der Waals surface area contributed by atoms with Gasteiger partial charge in [-0.25, -0.2) is 17.9 Å². The Morgan fingerprint density at radius 2 is 2.13 bits per heavy atom. The molecule has 0 bridgehead atoms. The number of ether oxygens (including phenoxy) is 1. The third kappa shape index (κ3) is 5.42. The standard InChI is InChI=1S/C19H21ClN4O6S/c1-12-14(18(20)24(22-12)13-7-9-31(28,29)11-13)5-6-17(26)30-10-16(25)21-19(27)15-4-3-8-23(15)2/h3-6,8,13H,7,9-11H2,1-2H3,(H,21,25,27)/b6-5+/t13-/m1/s1. The first kappa shape index (κ1) is 22.8. The zero-order valence-electron chi connectivity index (χ0n) is 16.9. The number of aromatic nitrogens is 3. The molecule has 0 saturated carbocycles. The fourth-order valence-corrected chi connectivity index (χ4v) is 5.26. The summed E-state index contributed by atoms with van der Waals surface area (Å²) in [5.74, 6) is -2.13. The summed E-state index contributed by atoms with van der Waals surface area (Å²) in [6.07, 6.45) is 4.55. The number of nitrogens with zero attached hydrogens (tertiary/aromatic N) is 3. The average Bonchev–Trinajstić information content (AvgIpc) is 3.36. The molecule has 2 aromatic rings. The van der Waals surface area contributed by atoms with Gasteiger partial charge in [-0.05, 0) is 31.6 Å². The first-order chi connectivity index (χ1) is 14.6. The normalized spacial score (nSPS) is 17.7. The molecule has 12 heteroatoms. The van der Waals surface area contributed by atoms with Crippen LogP contribution in [0.15, 0.2) is 24.4 Å². The highest BCUT2D eigenvalue weighted by Crippen LogP contribution is 2.30. The molecule has 1 saturated heterocycles. The summed E-state index contributed by atoms with van der Waals surface area (Å²) < 4.78 is 31.2. The van der Waals surface area contributed by atoms with Crippen molar-refractivity contribution in [1.29, 1.82) is 0 Å². The van der Waals surface area contributed by atoms with E-state index < -0.39 is 34.2 Å². The summed E-state index contributed by atoms with van der Waals surface area (Å²) in [7, 11) is -1.45. The van der Waals surface area contributed by atoms with Gasteiger partial charge in [-0.15, -0.1) is 0 Å². The molecule has 1 atom stereocenters. The van der Waals surface area contributed by atoms with E-state index in [1.165, 1.54) is 10.8 Å². The summed E-state index contributed by atoms with van der Waals surface area (Å²) in [6.45, 7) is 1.05. The molecule has 0 aromatic carbocycles. The quantitative estimate of drug-likeness (QED) is 0.495. The predicted molar refractivity (Wildman–Crippen MR) is 112 cm³/mol. The minimum Gasteiger partial charge on any atom is -0.452 e. The van der Waals surface area contributed by atoms with Gasteiger partial charge < -0.3 is 9.30 Å². The van der Waals surface area contributed by atoms with Gasteiger partial charge in [0.1, 0.15) is 10.8 Å². The third-order valence-corrected chi connectivity index (χ3v) is 6.91. The van der Waals surface area contributed by atoms with Crippen molar-refractivity contribution in [3.63, 3.8) is 0 Å². The molecule has 0 spiro atoms. The maximum atomic E-state index is 12.0. The third-order valence-electron chi connectivity index (χ3n) is 4.79. The number of aryl methyl sites for hydroxylation is 2. The molecule has 3 rings (SSSR count). The van der Waals surface area contributed by atoms with Crippen LogP contribution in [0.25, 0.3) is 6.08 Å². The second kappa shape index (κ2) is 9.06.